The lowest BCUT2D eigenvalue weighted by Crippen LogP contribution is -2.19. The van der Waals surface area contributed by atoms with Crippen molar-refractivity contribution >= 4 is 11.0 Å². The molecule has 0 aliphatic rings. The molecule has 3 nitrogen and oxygen atoms in total. The number of fused-ring (bicyclic) bond motifs is 1. The van der Waals surface area contributed by atoms with Gasteiger partial charge >= 0.3 is 0 Å². The van der Waals surface area contributed by atoms with Crippen LogP contribution in [-0.2, 0) is 0 Å². The molecular formula is C16H13F2N3. The van der Waals surface area contributed by atoms with E-state index in [4.69, 9.17) is 0 Å². The fourth-order valence-electron chi connectivity index (χ4n) is 2.46. The van der Waals surface area contributed by atoms with Crippen molar-refractivity contribution < 1.29 is 8.78 Å². The van der Waals surface area contributed by atoms with Gasteiger partial charge in [0.15, 0.2) is 0 Å². The molecule has 3 aromatic rings. The maximum Gasteiger partial charge on any atom is 0.128 e. The van der Waals surface area contributed by atoms with Gasteiger partial charge in [0, 0.05) is 23.5 Å². The second-order valence-electron chi connectivity index (χ2n) is 4.66. The van der Waals surface area contributed by atoms with E-state index in [9.17, 15) is 8.78 Å². The fraction of sp³-hybridized carbons (Fsp3) is 0.125. The van der Waals surface area contributed by atoms with Crippen molar-refractivity contribution in [2.75, 3.05) is 7.05 Å². The number of para-hydroxylation sites is 1. The molecule has 0 spiro atoms. The van der Waals surface area contributed by atoms with Gasteiger partial charge in [0.2, 0.25) is 0 Å². The van der Waals surface area contributed by atoms with Crippen LogP contribution in [0.25, 0.3) is 11.0 Å². The van der Waals surface area contributed by atoms with Gasteiger partial charge in [0.1, 0.15) is 11.6 Å². The third kappa shape index (κ3) is 2.48. The first-order valence-electron chi connectivity index (χ1n) is 6.52. The first-order valence-corrected chi connectivity index (χ1v) is 6.52. The van der Waals surface area contributed by atoms with Gasteiger partial charge in [-0.2, -0.15) is 0 Å². The van der Waals surface area contributed by atoms with Crippen molar-refractivity contribution in [3.63, 3.8) is 0 Å². The highest BCUT2D eigenvalue weighted by atomic mass is 19.1. The van der Waals surface area contributed by atoms with Crippen LogP contribution in [0.4, 0.5) is 8.78 Å². The smallest absolute Gasteiger partial charge is 0.128 e. The maximum absolute atomic E-state index is 14.0. The van der Waals surface area contributed by atoms with Crippen LogP contribution >= 0.6 is 0 Å². The van der Waals surface area contributed by atoms with E-state index in [0.717, 1.165) is 17.7 Å². The third-order valence-electron chi connectivity index (χ3n) is 3.40. The molecule has 1 aromatic heterocycles. The minimum absolute atomic E-state index is 0.246. The molecule has 106 valence electrons. The normalized spacial score (nSPS) is 12.5. The topological polar surface area (TPSA) is 37.8 Å². The van der Waals surface area contributed by atoms with E-state index < -0.39 is 17.7 Å². The molecule has 1 unspecified atom stereocenters. The van der Waals surface area contributed by atoms with Crippen molar-refractivity contribution in [2.24, 2.45) is 0 Å². The SMILES string of the molecule is CNC(c1cc(F)ccc1F)c1cccc2nccnc12. The van der Waals surface area contributed by atoms with Gasteiger partial charge in [-0.05, 0) is 31.3 Å². The summed E-state index contributed by atoms with van der Waals surface area (Å²) in [4.78, 5) is 8.54. The van der Waals surface area contributed by atoms with Crippen molar-refractivity contribution in [2.45, 2.75) is 6.04 Å². The zero-order valence-corrected chi connectivity index (χ0v) is 11.3. The molecule has 5 heteroatoms. The predicted octanol–water partition coefficient (Wildman–Crippen LogP) is 3.22. The Morgan fingerprint density at radius 2 is 1.81 bits per heavy atom. The molecule has 0 fully saturated rings. The average molecular weight is 285 g/mol. The van der Waals surface area contributed by atoms with Gasteiger partial charge in [-0.25, -0.2) is 8.78 Å². The highest BCUT2D eigenvalue weighted by Gasteiger charge is 2.19. The molecule has 2 aromatic carbocycles. The molecule has 21 heavy (non-hydrogen) atoms. The van der Waals surface area contributed by atoms with Crippen LogP contribution in [0.2, 0.25) is 0 Å². The van der Waals surface area contributed by atoms with Gasteiger partial charge in [-0.3, -0.25) is 9.97 Å². The zero-order valence-electron chi connectivity index (χ0n) is 11.3. The second kappa shape index (κ2) is 5.54. The molecule has 0 saturated carbocycles. The lowest BCUT2D eigenvalue weighted by molar-refractivity contribution is 0.559. The van der Waals surface area contributed by atoms with Gasteiger partial charge in [-0.15, -0.1) is 0 Å². The highest BCUT2D eigenvalue weighted by molar-refractivity contribution is 5.78. The number of hydrogen-bond donors (Lipinski definition) is 1. The summed E-state index contributed by atoms with van der Waals surface area (Å²) in [5.41, 5.74) is 2.39. The summed E-state index contributed by atoms with van der Waals surface area (Å²) in [6, 6.07) is 8.43. The predicted molar refractivity (Wildman–Crippen MR) is 76.8 cm³/mol. The van der Waals surface area contributed by atoms with Crippen LogP contribution in [0, 0.1) is 11.6 Å². The fourth-order valence-corrected chi connectivity index (χ4v) is 2.46. The number of rotatable bonds is 3. The molecular weight excluding hydrogens is 272 g/mol. The molecule has 0 aliphatic carbocycles. The van der Waals surface area contributed by atoms with Crippen molar-refractivity contribution in [3.8, 4) is 0 Å². The molecule has 1 atom stereocenters. The Morgan fingerprint density at radius 3 is 2.62 bits per heavy atom. The largest absolute Gasteiger partial charge is 0.309 e. The van der Waals surface area contributed by atoms with Crippen LogP contribution in [-0.4, -0.2) is 17.0 Å². The van der Waals surface area contributed by atoms with Crippen LogP contribution in [0.5, 0.6) is 0 Å². The quantitative estimate of drug-likeness (QED) is 0.803. The Balaban J connectivity index is 2.21. The van der Waals surface area contributed by atoms with Gasteiger partial charge in [0.25, 0.3) is 0 Å². The van der Waals surface area contributed by atoms with Gasteiger partial charge in [0.05, 0.1) is 17.1 Å². The monoisotopic (exact) mass is 285 g/mol. The van der Waals surface area contributed by atoms with Gasteiger partial charge < -0.3 is 5.32 Å². The highest BCUT2D eigenvalue weighted by Crippen LogP contribution is 2.28. The lowest BCUT2D eigenvalue weighted by atomic mass is 9.97. The van der Waals surface area contributed by atoms with E-state index >= 15 is 0 Å². The standard InChI is InChI=1S/C16H13F2N3/c1-19-15(12-9-10(17)5-6-13(12)18)11-3-2-4-14-16(11)21-8-7-20-14/h2-9,15,19H,1H3. The third-order valence-corrected chi connectivity index (χ3v) is 3.40. The second-order valence-corrected chi connectivity index (χ2v) is 4.66. The van der Waals surface area contributed by atoms with E-state index in [0.29, 0.717) is 11.0 Å². The Morgan fingerprint density at radius 1 is 1.00 bits per heavy atom. The Kier molecular flexibility index (Phi) is 3.58. The molecule has 0 aliphatic heterocycles. The summed E-state index contributed by atoms with van der Waals surface area (Å²) < 4.78 is 27.5. The Bertz CT molecular complexity index is 784. The number of hydrogen-bond acceptors (Lipinski definition) is 3. The Hall–Kier alpha value is -2.40. The summed E-state index contributed by atoms with van der Waals surface area (Å²) in [6.07, 6.45) is 3.18. The number of nitrogens with zero attached hydrogens (tertiary/aromatic N) is 2. The summed E-state index contributed by atoms with van der Waals surface area (Å²) in [6.45, 7) is 0. The minimum Gasteiger partial charge on any atom is -0.309 e. The van der Waals surface area contributed by atoms with Crippen LogP contribution in [0.3, 0.4) is 0 Å². The summed E-state index contributed by atoms with van der Waals surface area (Å²) in [5, 5.41) is 3.02. The molecule has 3 rings (SSSR count). The van der Waals surface area contributed by atoms with Crippen molar-refractivity contribution in [1.29, 1.82) is 0 Å². The van der Waals surface area contributed by atoms with Gasteiger partial charge in [-0.1, -0.05) is 12.1 Å². The summed E-state index contributed by atoms with van der Waals surface area (Å²) in [7, 11) is 1.70. The molecule has 0 bridgehead atoms. The molecule has 1 N–H and O–H groups in total. The summed E-state index contributed by atoms with van der Waals surface area (Å²) in [5.74, 6) is -0.936. The van der Waals surface area contributed by atoms with E-state index in [2.05, 4.69) is 15.3 Å². The first-order chi connectivity index (χ1) is 10.2. The van der Waals surface area contributed by atoms with E-state index in [-0.39, 0.29) is 5.56 Å². The lowest BCUT2D eigenvalue weighted by Gasteiger charge is -2.19. The van der Waals surface area contributed by atoms with E-state index in [1.807, 2.05) is 18.2 Å². The van der Waals surface area contributed by atoms with Crippen molar-refractivity contribution in [1.82, 2.24) is 15.3 Å². The first kappa shape index (κ1) is 13.6. The van der Waals surface area contributed by atoms with Crippen LogP contribution < -0.4 is 5.32 Å². The number of nitrogens with one attached hydrogen (secondary N) is 1. The minimum atomic E-state index is -0.499. The molecule has 0 radical (unpaired) electrons. The molecule has 0 saturated heterocycles. The average Bonchev–Trinajstić information content (AvgIpc) is 2.51. The number of aromatic nitrogens is 2. The van der Waals surface area contributed by atoms with Crippen molar-refractivity contribution in [3.05, 3.63) is 71.6 Å². The number of benzene rings is 2. The van der Waals surface area contributed by atoms with Crippen LogP contribution in [0.1, 0.15) is 17.2 Å². The zero-order chi connectivity index (χ0) is 14.8. The summed E-state index contributed by atoms with van der Waals surface area (Å²) >= 11 is 0. The van der Waals surface area contributed by atoms with Crippen LogP contribution in [0.15, 0.2) is 48.8 Å². The number of halogens is 2. The van der Waals surface area contributed by atoms with E-state index in [1.165, 1.54) is 6.07 Å². The van der Waals surface area contributed by atoms with E-state index in [1.54, 1.807) is 19.4 Å². The Labute approximate surface area is 120 Å². The molecule has 0 amide bonds. The molecule has 1 heterocycles. The maximum atomic E-state index is 14.0.